The second-order valence-electron chi connectivity index (χ2n) is 5.12. The Morgan fingerprint density at radius 2 is 2.52 bits per heavy atom. The summed E-state index contributed by atoms with van der Waals surface area (Å²) in [5.74, 6) is -0.126. The van der Waals surface area contributed by atoms with E-state index in [2.05, 4.69) is 15.4 Å². The second kappa shape index (κ2) is 6.36. The molecule has 1 aliphatic heterocycles. The summed E-state index contributed by atoms with van der Waals surface area (Å²) in [4.78, 5) is 16.4. The van der Waals surface area contributed by atoms with Gasteiger partial charge in [0.05, 0.1) is 12.3 Å². The zero-order chi connectivity index (χ0) is 14.7. The summed E-state index contributed by atoms with van der Waals surface area (Å²) in [7, 11) is 1.86. The summed E-state index contributed by atoms with van der Waals surface area (Å²) >= 11 is 1.45. The number of thiazole rings is 1. The first-order chi connectivity index (χ1) is 10.2. The Bertz CT molecular complexity index is 616. The lowest BCUT2D eigenvalue weighted by Gasteiger charge is -2.09. The number of aryl methyl sites for hydroxylation is 1. The molecule has 112 valence electrons. The molecule has 0 aliphatic carbocycles. The van der Waals surface area contributed by atoms with E-state index < -0.39 is 0 Å². The summed E-state index contributed by atoms with van der Waals surface area (Å²) in [5.41, 5.74) is 1.40. The Morgan fingerprint density at radius 3 is 3.24 bits per heavy atom. The lowest BCUT2D eigenvalue weighted by molar-refractivity contribution is 0.0904. The molecule has 3 heterocycles. The van der Waals surface area contributed by atoms with Crippen molar-refractivity contribution in [3.63, 3.8) is 0 Å². The minimum absolute atomic E-state index is 0.126. The number of amides is 1. The van der Waals surface area contributed by atoms with E-state index >= 15 is 0 Å². The topological polar surface area (TPSA) is 69.0 Å². The third kappa shape index (κ3) is 3.48. The fourth-order valence-corrected chi connectivity index (χ4v) is 3.13. The van der Waals surface area contributed by atoms with Crippen molar-refractivity contribution < 1.29 is 9.53 Å². The van der Waals surface area contributed by atoms with Crippen molar-refractivity contribution in [2.75, 3.05) is 13.2 Å². The van der Waals surface area contributed by atoms with E-state index in [4.69, 9.17) is 4.74 Å². The van der Waals surface area contributed by atoms with Crippen LogP contribution < -0.4 is 5.32 Å². The first-order valence-corrected chi connectivity index (χ1v) is 7.94. The molecule has 1 amide bonds. The van der Waals surface area contributed by atoms with Gasteiger partial charge in [-0.25, -0.2) is 4.98 Å². The standard InChI is InChI=1S/C14H18N4O2S/c1-18-8-10(7-16-18)14-17-12(9-21-14)13(19)15-5-4-11-3-2-6-20-11/h7-9,11H,2-6H2,1H3,(H,15,19)/t11-/m0/s1. The van der Waals surface area contributed by atoms with Gasteiger partial charge in [0.1, 0.15) is 10.7 Å². The van der Waals surface area contributed by atoms with Crippen molar-refractivity contribution in [2.24, 2.45) is 7.05 Å². The van der Waals surface area contributed by atoms with Gasteiger partial charge in [0.15, 0.2) is 0 Å². The molecule has 21 heavy (non-hydrogen) atoms. The molecule has 0 saturated carbocycles. The van der Waals surface area contributed by atoms with Gasteiger partial charge in [0.2, 0.25) is 0 Å². The molecule has 2 aromatic heterocycles. The van der Waals surface area contributed by atoms with Gasteiger partial charge in [0, 0.05) is 37.3 Å². The fourth-order valence-electron chi connectivity index (χ4n) is 2.35. The van der Waals surface area contributed by atoms with Gasteiger partial charge in [-0.2, -0.15) is 5.10 Å². The normalized spacial score (nSPS) is 18.0. The van der Waals surface area contributed by atoms with E-state index in [9.17, 15) is 4.79 Å². The quantitative estimate of drug-likeness (QED) is 0.915. The van der Waals surface area contributed by atoms with E-state index in [1.54, 1.807) is 16.3 Å². The zero-order valence-corrected chi connectivity index (χ0v) is 12.7. The number of ether oxygens (including phenoxy) is 1. The second-order valence-corrected chi connectivity index (χ2v) is 5.98. The van der Waals surface area contributed by atoms with Gasteiger partial charge in [-0.3, -0.25) is 9.48 Å². The predicted octanol–water partition coefficient (Wildman–Crippen LogP) is 1.84. The number of hydrogen-bond donors (Lipinski definition) is 1. The van der Waals surface area contributed by atoms with Crippen LogP contribution in [0.15, 0.2) is 17.8 Å². The van der Waals surface area contributed by atoms with Crippen molar-refractivity contribution in [1.82, 2.24) is 20.1 Å². The maximum Gasteiger partial charge on any atom is 0.270 e. The summed E-state index contributed by atoms with van der Waals surface area (Å²) in [6.45, 7) is 1.47. The summed E-state index contributed by atoms with van der Waals surface area (Å²) < 4.78 is 7.25. The average molecular weight is 306 g/mol. The molecular weight excluding hydrogens is 288 g/mol. The van der Waals surface area contributed by atoms with Crippen LogP contribution in [0.2, 0.25) is 0 Å². The van der Waals surface area contributed by atoms with E-state index in [0.29, 0.717) is 18.3 Å². The van der Waals surface area contributed by atoms with Gasteiger partial charge in [-0.15, -0.1) is 11.3 Å². The smallest absolute Gasteiger partial charge is 0.270 e. The Kier molecular flexibility index (Phi) is 4.31. The molecule has 0 radical (unpaired) electrons. The van der Waals surface area contributed by atoms with Crippen molar-refractivity contribution in [2.45, 2.75) is 25.4 Å². The number of aromatic nitrogens is 3. The van der Waals surface area contributed by atoms with Crippen molar-refractivity contribution >= 4 is 17.2 Å². The number of nitrogens with one attached hydrogen (secondary N) is 1. The maximum atomic E-state index is 12.0. The molecule has 0 spiro atoms. The third-order valence-electron chi connectivity index (χ3n) is 3.46. The van der Waals surface area contributed by atoms with Crippen LogP contribution in [-0.4, -0.2) is 39.9 Å². The van der Waals surface area contributed by atoms with E-state index in [0.717, 1.165) is 36.4 Å². The van der Waals surface area contributed by atoms with E-state index in [1.807, 2.05) is 13.2 Å². The molecule has 0 bridgehead atoms. The van der Waals surface area contributed by atoms with Crippen LogP contribution in [0.1, 0.15) is 29.8 Å². The maximum absolute atomic E-state index is 12.0. The number of carbonyl (C=O) groups is 1. The monoisotopic (exact) mass is 306 g/mol. The molecule has 1 aliphatic rings. The Labute approximate surface area is 127 Å². The third-order valence-corrected chi connectivity index (χ3v) is 4.36. The minimum atomic E-state index is -0.126. The minimum Gasteiger partial charge on any atom is -0.378 e. The van der Waals surface area contributed by atoms with Gasteiger partial charge < -0.3 is 10.1 Å². The Hall–Kier alpha value is -1.73. The van der Waals surface area contributed by atoms with Crippen molar-refractivity contribution in [3.05, 3.63) is 23.5 Å². The van der Waals surface area contributed by atoms with Gasteiger partial charge in [-0.1, -0.05) is 0 Å². The summed E-state index contributed by atoms with van der Waals surface area (Å²) in [6, 6.07) is 0. The van der Waals surface area contributed by atoms with Crippen LogP contribution in [0, 0.1) is 0 Å². The molecule has 2 aromatic rings. The largest absolute Gasteiger partial charge is 0.378 e. The molecule has 3 rings (SSSR count). The molecule has 0 unspecified atom stereocenters. The van der Waals surface area contributed by atoms with E-state index in [1.165, 1.54) is 11.3 Å². The molecular formula is C14H18N4O2S. The van der Waals surface area contributed by atoms with Gasteiger partial charge >= 0.3 is 0 Å². The summed E-state index contributed by atoms with van der Waals surface area (Å²) in [5, 5.41) is 9.60. The van der Waals surface area contributed by atoms with Crippen LogP contribution in [-0.2, 0) is 11.8 Å². The Balaban J connectivity index is 1.54. The summed E-state index contributed by atoms with van der Waals surface area (Å²) in [6.07, 6.45) is 7.02. The molecule has 6 nitrogen and oxygen atoms in total. The number of hydrogen-bond acceptors (Lipinski definition) is 5. The molecule has 1 fully saturated rings. The predicted molar refractivity (Wildman–Crippen MR) is 80.2 cm³/mol. The highest BCUT2D eigenvalue weighted by Crippen LogP contribution is 2.22. The zero-order valence-electron chi connectivity index (χ0n) is 11.9. The van der Waals surface area contributed by atoms with Crippen molar-refractivity contribution in [3.8, 4) is 10.6 Å². The lowest BCUT2D eigenvalue weighted by atomic mass is 10.2. The van der Waals surface area contributed by atoms with Crippen LogP contribution in [0.3, 0.4) is 0 Å². The molecule has 1 atom stereocenters. The van der Waals surface area contributed by atoms with Crippen LogP contribution in [0.25, 0.3) is 10.6 Å². The average Bonchev–Trinajstić information content (AvgIpc) is 3.19. The lowest BCUT2D eigenvalue weighted by Crippen LogP contribution is -2.27. The highest BCUT2D eigenvalue weighted by Gasteiger charge is 2.16. The molecule has 1 saturated heterocycles. The van der Waals surface area contributed by atoms with Crippen LogP contribution in [0.4, 0.5) is 0 Å². The number of nitrogens with zero attached hydrogens (tertiary/aromatic N) is 3. The number of carbonyl (C=O) groups excluding carboxylic acids is 1. The SMILES string of the molecule is Cn1cc(-c2nc(C(=O)NCC[C@@H]3CCCO3)cs2)cn1. The van der Waals surface area contributed by atoms with Gasteiger partial charge in [-0.05, 0) is 19.3 Å². The molecule has 0 aromatic carbocycles. The van der Waals surface area contributed by atoms with E-state index in [-0.39, 0.29) is 5.91 Å². The highest BCUT2D eigenvalue weighted by molar-refractivity contribution is 7.13. The van der Waals surface area contributed by atoms with Crippen LogP contribution >= 0.6 is 11.3 Å². The highest BCUT2D eigenvalue weighted by atomic mass is 32.1. The first-order valence-electron chi connectivity index (χ1n) is 7.07. The Morgan fingerprint density at radius 1 is 1.62 bits per heavy atom. The van der Waals surface area contributed by atoms with Gasteiger partial charge in [0.25, 0.3) is 5.91 Å². The molecule has 1 N–H and O–H groups in total. The van der Waals surface area contributed by atoms with Crippen LogP contribution in [0.5, 0.6) is 0 Å². The number of rotatable bonds is 5. The molecule has 7 heteroatoms. The fraction of sp³-hybridized carbons (Fsp3) is 0.500. The van der Waals surface area contributed by atoms with Crippen molar-refractivity contribution in [1.29, 1.82) is 0 Å². The first kappa shape index (κ1) is 14.2.